The molecule has 1 N–H and O–H groups in total. The van der Waals surface area contributed by atoms with Crippen molar-refractivity contribution < 1.29 is 19.4 Å². The largest absolute Gasteiger partial charge is 0.480 e. The van der Waals surface area contributed by atoms with Crippen LogP contribution in [0.3, 0.4) is 0 Å². The number of nitrogens with zero attached hydrogens (tertiary/aromatic N) is 2. The third kappa shape index (κ3) is 6.22. The van der Waals surface area contributed by atoms with E-state index in [0.29, 0.717) is 32.7 Å². The topological polar surface area (TPSA) is 70.1 Å². The highest BCUT2D eigenvalue weighted by atomic mass is 32.1. The van der Waals surface area contributed by atoms with Gasteiger partial charge in [0.05, 0.1) is 19.3 Å². The smallest absolute Gasteiger partial charge is 0.317 e. The van der Waals surface area contributed by atoms with Crippen LogP contribution in [0, 0.1) is 6.92 Å². The second kappa shape index (κ2) is 9.15. The summed E-state index contributed by atoms with van der Waals surface area (Å²) in [5.74, 6) is -0.692. The highest BCUT2D eigenvalue weighted by Crippen LogP contribution is 2.18. The van der Waals surface area contributed by atoms with E-state index >= 15 is 0 Å². The maximum absolute atomic E-state index is 12.4. The van der Waals surface area contributed by atoms with Gasteiger partial charge in [-0.05, 0) is 38.9 Å². The number of thiophene rings is 1. The molecule has 2 heterocycles. The molecule has 7 heteroatoms. The predicted molar refractivity (Wildman–Crippen MR) is 93.4 cm³/mol. The summed E-state index contributed by atoms with van der Waals surface area (Å²) in [6.45, 7) is 4.27. The zero-order valence-electron chi connectivity index (χ0n) is 14.4. The summed E-state index contributed by atoms with van der Waals surface area (Å²) in [7, 11) is 1.75. The number of carboxylic acids is 1. The molecule has 1 aliphatic heterocycles. The van der Waals surface area contributed by atoms with Gasteiger partial charge in [-0.25, -0.2) is 0 Å². The fraction of sp³-hybridized carbons (Fsp3) is 0.647. The van der Waals surface area contributed by atoms with Crippen molar-refractivity contribution in [1.29, 1.82) is 0 Å². The van der Waals surface area contributed by atoms with Gasteiger partial charge in [0.1, 0.15) is 0 Å². The molecule has 0 radical (unpaired) electrons. The molecule has 0 saturated carbocycles. The molecule has 1 amide bonds. The summed E-state index contributed by atoms with van der Waals surface area (Å²) in [5, 5.41) is 8.80. The Morgan fingerprint density at radius 1 is 1.46 bits per heavy atom. The molecule has 1 fully saturated rings. The molecule has 1 aromatic rings. The minimum Gasteiger partial charge on any atom is -0.480 e. The number of amides is 1. The van der Waals surface area contributed by atoms with Crippen LogP contribution in [0.25, 0.3) is 0 Å². The van der Waals surface area contributed by atoms with Crippen LogP contribution in [0.1, 0.15) is 22.6 Å². The second-order valence-corrected chi connectivity index (χ2v) is 7.66. The maximum atomic E-state index is 12.4. The SMILES string of the molecule is Cc1ccc(CCCC(=O)N2CCOC(CN(C)CC(=O)O)C2)s1. The molecule has 24 heavy (non-hydrogen) atoms. The molecule has 2 rings (SSSR count). The van der Waals surface area contributed by atoms with Gasteiger partial charge in [-0.15, -0.1) is 11.3 Å². The van der Waals surface area contributed by atoms with Crippen LogP contribution in [-0.2, 0) is 20.7 Å². The lowest BCUT2D eigenvalue weighted by Gasteiger charge is -2.34. The Bertz CT molecular complexity index is 561. The number of rotatable bonds is 8. The Morgan fingerprint density at radius 3 is 2.92 bits per heavy atom. The summed E-state index contributed by atoms with van der Waals surface area (Å²) in [4.78, 5) is 29.3. The van der Waals surface area contributed by atoms with Crippen molar-refractivity contribution in [2.24, 2.45) is 0 Å². The molecule has 1 atom stereocenters. The van der Waals surface area contributed by atoms with E-state index in [9.17, 15) is 9.59 Å². The first-order valence-electron chi connectivity index (χ1n) is 8.29. The molecule has 0 spiro atoms. The zero-order valence-corrected chi connectivity index (χ0v) is 15.2. The van der Waals surface area contributed by atoms with Crippen molar-refractivity contribution >= 4 is 23.2 Å². The van der Waals surface area contributed by atoms with Gasteiger partial charge in [-0.2, -0.15) is 0 Å². The molecule has 1 unspecified atom stereocenters. The van der Waals surface area contributed by atoms with E-state index in [2.05, 4.69) is 19.1 Å². The lowest BCUT2D eigenvalue weighted by atomic mass is 10.1. The molecular formula is C17H26N2O4S. The van der Waals surface area contributed by atoms with Crippen molar-refractivity contribution in [2.75, 3.05) is 39.8 Å². The summed E-state index contributed by atoms with van der Waals surface area (Å²) in [6.07, 6.45) is 2.24. The van der Waals surface area contributed by atoms with E-state index in [1.165, 1.54) is 9.75 Å². The van der Waals surface area contributed by atoms with Crippen molar-refractivity contribution in [3.8, 4) is 0 Å². The van der Waals surface area contributed by atoms with Crippen LogP contribution in [0.15, 0.2) is 12.1 Å². The normalized spacial score (nSPS) is 18.1. The minimum absolute atomic E-state index is 0.0198. The monoisotopic (exact) mass is 354 g/mol. The lowest BCUT2D eigenvalue weighted by molar-refractivity contribution is -0.142. The van der Waals surface area contributed by atoms with Gasteiger partial charge in [0, 0.05) is 35.8 Å². The number of aryl methyl sites for hydroxylation is 2. The Labute approximate surface area is 147 Å². The third-order valence-electron chi connectivity index (χ3n) is 4.02. The number of carboxylic acid groups (broad SMARTS) is 1. The summed E-state index contributed by atoms with van der Waals surface area (Å²) in [5.41, 5.74) is 0. The standard InChI is InChI=1S/C17H26N2O4S/c1-13-6-7-15(24-13)4-3-5-16(20)19-8-9-23-14(11-19)10-18(2)12-17(21)22/h6-7,14H,3-5,8-12H2,1-2H3,(H,21,22). The average Bonchev–Trinajstić information content (AvgIpc) is 2.92. The summed E-state index contributed by atoms with van der Waals surface area (Å²) in [6, 6.07) is 4.25. The summed E-state index contributed by atoms with van der Waals surface area (Å²) < 4.78 is 5.66. The van der Waals surface area contributed by atoms with Crippen LogP contribution in [-0.4, -0.2) is 72.7 Å². The third-order valence-corrected chi connectivity index (χ3v) is 5.08. The molecule has 1 saturated heterocycles. The highest BCUT2D eigenvalue weighted by Gasteiger charge is 2.25. The molecule has 6 nitrogen and oxygen atoms in total. The van der Waals surface area contributed by atoms with Crippen LogP contribution in [0.4, 0.5) is 0 Å². The fourth-order valence-corrected chi connectivity index (χ4v) is 3.82. The van der Waals surface area contributed by atoms with Gasteiger partial charge in [0.2, 0.25) is 5.91 Å². The van der Waals surface area contributed by atoms with Gasteiger partial charge >= 0.3 is 5.97 Å². The van der Waals surface area contributed by atoms with Gasteiger partial charge in [0.15, 0.2) is 0 Å². The molecular weight excluding hydrogens is 328 g/mol. The van der Waals surface area contributed by atoms with E-state index in [1.807, 2.05) is 4.90 Å². The number of ether oxygens (including phenoxy) is 1. The van der Waals surface area contributed by atoms with Crippen molar-refractivity contribution in [3.05, 3.63) is 21.9 Å². The first kappa shape index (κ1) is 18.9. The van der Waals surface area contributed by atoms with Crippen molar-refractivity contribution in [3.63, 3.8) is 0 Å². The van der Waals surface area contributed by atoms with Crippen LogP contribution in [0.2, 0.25) is 0 Å². The average molecular weight is 354 g/mol. The number of carbonyl (C=O) groups excluding carboxylic acids is 1. The quantitative estimate of drug-likeness (QED) is 0.768. The lowest BCUT2D eigenvalue weighted by Crippen LogP contribution is -2.49. The number of hydrogen-bond acceptors (Lipinski definition) is 5. The Morgan fingerprint density at radius 2 is 2.25 bits per heavy atom. The van der Waals surface area contributed by atoms with Gasteiger partial charge in [0.25, 0.3) is 0 Å². The Hall–Kier alpha value is -1.44. The minimum atomic E-state index is -0.856. The highest BCUT2D eigenvalue weighted by molar-refractivity contribution is 7.11. The number of likely N-dealkylation sites (N-methyl/N-ethyl adjacent to an activating group) is 1. The molecule has 0 aromatic carbocycles. The molecule has 0 bridgehead atoms. The van der Waals surface area contributed by atoms with E-state index in [-0.39, 0.29) is 18.6 Å². The van der Waals surface area contributed by atoms with Crippen LogP contribution in [0.5, 0.6) is 0 Å². The molecule has 1 aliphatic rings. The van der Waals surface area contributed by atoms with E-state index < -0.39 is 5.97 Å². The Kier molecular flexibility index (Phi) is 7.20. The van der Waals surface area contributed by atoms with E-state index in [0.717, 1.165) is 12.8 Å². The van der Waals surface area contributed by atoms with Gasteiger partial charge < -0.3 is 14.7 Å². The predicted octanol–water partition coefficient (Wildman–Crippen LogP) is 1.62. The van der Waals surface area contributed by atoms with Crippen LogP contribution >= 0.6 is 11.3 Å². The Balaban J connectivity index is 1.72. The van der Waals surface area contributed by atoms with Crippen LogP contribution < -0.4 is 0 Å². The number of hydrogen-bond donors (Lipinski definition) is 1. The van der Waals surface area contributed by atoms with Crippen molar-refractivity contribution in [2.45, 2.75) is 32.3 Å². The second-order valence-electron chi connectivity index (χ2n) is 6.29. The number of carbonyl (C=O) groups is 2. The number of morpholine rings is 1. The first-order valence-corrected chi connectivity index (χ1v) is 9.10. The maximum Gasteiger partial charge on any atom is 0.317 e. The molecule has 134 valence electrons. The molecule has 0 aliphatic carbocycles. The van der Waals surface area contributed by atoms with E-state index in [1.54, 1.807) is 23.3 Å². The summed E-state index contributed by atoms with van der Waals surface area (Å²) >= 11 is 1.79. The number of aliphatic carboxylic acids is 1. The zero-order chi connectivity index (χ0) is 17.5. The van der Waals surface area contributed by atoms with Gasteiger partial charge in [-0.1, -0.05) is 0 Å². The fourth-order valence-electron chi connectivity index (χ4n) is 2.89. The van der Waals surface area contributed by atoms with Crippen molar-refractivity contribution in [1.82, 2.24) is 9.80 Å². The van der Waals surface area contributed by atoms with Gasteiger partial charge in [-0.3, -0.25) is 14.5 Å². The molecule has 1 aromatic heterocycles. The van der Waals surface area contributed by atoms with E-state index in [4.69, 9.17) is 9.84 Å². The first-order chi connectivity index (χ1) is 11.4.